The summed E-state index contributed by atoms with van der Waals surface area (Å²) in [5.74, 6) is 0.868. The summed E-state index contributed by atoms with van der Waals surface area (Å²) in [6.07, 6.45) is 0. The van der Waals surface area contributed by atoms with Gasteiger partial charge in [-0.2, -0.15) is 0 Å². The van der Waals surface area contributed by atoms with Gasteiger partial charge in [-0.05, 0) is 37.6 Å². The third-order valence-electron chi connectivity index (χ3n) is 3.25. The smallest absolute Gasteiger partial charge is 0.159 e. The molecule has 0 radical (unpaired) electrons. The van der Waals surface area contributed by atoms with E-state index in [0.717, 1.165) is 22.0 Å². The first-order chi connectivity index (χ1) is 9.77. The fourth-order valence-corrected chi connectivity index (χ4v) is 2.82. The normalized spacial score (nSPS) is 11.5. The van der Waals surface area contributed by atoms with Crippen molar-refractivity contribution in [1.29, 1.82) is 0 Å². The highest BCUT2D eigenvalue weighted by Crippen LogP contribution is 2.25. The van der Waals surface area contributed by atoms with Gasteiger partial charge in [0.25, 0.3) is 0 Å². The highest BCUT2D eigenvalue weighted by atomic mass is 32.1. The number of aryl methyl sites for hydroxylation is 1. The lowest BCUT2D eigenvalue weighted by atomic mass is 9.93. The summed E-state index contributed by atoms with van der Waals surface area (Å²) in [5, 5.41) is 3.06. The van der Waals surface area contributed by atoms with Gasteiger partial charge in [0, 0.05) is 16.4 Å². The second-order valence-corrected chi connectivity index (χ2v) is 7.14. The van der Waals surface area contributed by atoms with Gasteiger partial charge in [-0.1, -0.05) is 20.8 Å². The van der Waals surface area contributed by atoms with E-state index >= 15 is 0 Å². The van der Waals surface area contributed by atoms with Crippen LogP contribution in [0.4, 0.5) is 0 Å². The predicted molar refractivity (Wildman–Crippen MR) is 86.3 cm³/mol. The Labute approximate surface area is 130 Å². The Balaban J connectivity index is 2.06. The number of carbonyl (C=O) groups excluding carboxylic acids is 1. The molecule has 0 unspecified atom stereocenters. The number of Topliss-reactive ketones (excluding diaryl/α,β-unsaturated/α-hetero) is 1. The second kappa shape index (κ2) is 5.98. The van der Waals surface area contributed by atoms with Gasteiger partial charge in [-0.25, -0.2) is 4.98 Å². The van der Waals surface area contributed by atoms with Gasteiger partial charge in [0.1, 0.15) is 17.4 Å². The maximum atomic E-state index is 11.3. The van der Waals surface area contributed by atoms with Crippen LogP contribution in [0.3, 0.4) is 0 Å². The van der Waals surface area contributed by atoms with Gasteiger partial charge in [0.15, 0.2) is 5.78 Å². The first kappa shape index (κ1) is 15.7. The molecule has 0 bridgehead atoms. The van der Waals surface area contributed by atoms with Crippen molar-refractivity contribution in [2.75, 3.05) is 0 Å². The number of thiazole rings is 1. The Hall–Kier alpha value is -1.68. The molecule has 0 aliphatic heterocycles. The minimum atomic E-state index is 0.0633. The van der Waals surface area contributed by atoms with Crippen molar-refractivity contribution in [2.24, 2.45) is 0 Å². The number of benzene rings is 1. The first-order valence-electron chi connectivity index (χ1n) is 6.96. The summed E-state index contributed by atoms with van der Waals surface area (Å²) >= 11 is 1.62. The largest absolute Gasteiger partial charge is 0.486 e. The van der Waals surface area contributed by atoms with Crippen molar-refractivity contribution in [3.63, 3.8) is 0 Å². The van der Waals surface area contributed by atoms with Gasteiger partial charge in [0.2, 0.25) is 0 Å². The van der Waals surface area contributed by atoms with E-state index < -0.39 is 0 Å². The van der Waals surface area contributed by atoms with Crippen LogP contribution in [0.1, 0.15) is 54.3 Å². The van der Waals surface area contributed by atoms with Crippen LogP contribution in [0.2, 0.25) is 0 Å². The number of ether oxygens (including phenoxy) is 1. The molecule has 0 aliphatic rings. The van der Waals surface area contributed by atoms with E-state index in [1.54, 1.807) is 24.3 Å². The van der Waals surface area contributed by atoms with E-state index in [2.05, 4.69) is 31.1 Å². The summed E-state index contributed by atoms with van der Waals surface area (Å²) < 4.78 is 5.82. The molecular formula is C17H21NO2S. The summed E-state index contributed by atoms with van der Waals surface area (Å²) in [4.78, 5) is 15.9. The van der Waals surface area contributed by atoms with E-state index in [1.807, 2.05) is 19.1 Å². The molecule has 3 nitrogen and oxygen atoms in total. The average molecular weight is 303 g/mol. The molecule has 4 heteroatoms. The number of nitrogens with zero attached hydrogens (tertiary/aromatic N) is 1. The Morgan fingerprint density at radius 3 is 2.57 bits per heavy atom. The van der Waals surface area contributed by atoms with E-state index in [4.69, 9.17) is 4.74 Å². The Bertz CT molecular complexity index is 653. The molecule has 0 saturated heterocycles. The van der Waals surface area contributed by atoms with Crippen LogP contribution in [-0.4, -0.2) is 10.8 Å². The van der Waals surface area contributed by atoms with Crippen molar-refractivity contribution < 1.29 is 9.53 Å². The van der Waals surface area contributed by atoms with Crippen molar-refractivity contribution in [2.45, 2.75) is 46.6 Å². The average Bonchev–Trinajstić information content (AvgIpc) is 2.85. The van der Waals surface area contributed by atoms with Gasteiger partial charge in [0.05, 0.1) is 5.69 Å². The standard InChI is InChI=1S/C17H21NO2S/c1-11-8-13(12(2)19)6-7-14(11)20-9-16-18-15(10-21-16)17(3,4)5/h6-8,10H,9H2,1-5H3. The maximum Gasteiger partial charge on any atom is 0.159 e. The molecule has 0 fully saturated rings. The second-order valence-electron chi connectivity index (χ2n) is 6.20. The molecule has 0 saturated carbocycles. The van der Waals surface area contributed by atoms with Crippen LogP contribution in [-0.2, 0) is 12.0 Å². The van der Waals surface area contributed by atoms with Gasteiger partial charge in [-0.15, -0.1) is 11.3 Å². The van der Waals surface area contributed by atoms with Crippen LogP contribution in [0, 0.1) is 6.92 Å². The summed E-state index contributed by atoms with van der Waals surface area (Å²) in [5.41, 5.74) is 2.84. The van der Waals surface area contributed by atoms with Crippen LogP contribution in [0.15, 0.2) is 23.6 Å². The van der Waals surface area contributed by atoms with E-state index in [9.17, 15) is 4.79 Å². The number of ketones is 1. The first-order valence-corrected chi connectivity index (χ1v) is 7.84. The molecule has 112 valence electrons. The number of aromatic nitrogens is 1. The zero-order chi connectivity index (χ0) is 15.6. The zero-order valence-electron chi connectivity index (χ0n) is 13.2. The minimum Gasteiger partial charge on any atom is -0.486 e. The third kappa shape index (κ3) is 3.91. The molecule has 1 aromatic carbocycles. The number of hydrogen-bond acceptors (Lipinski definition) is 4. The van der Waals surface area contributed by atoms with Crippen molar-refractivity contribution in [3.05, 3.63) is 45.4 Å². The maximum absolute atomic E-state index is 11.3. The van der Waals surface area contributed by atoms with Crippen LogP contribution in [0.25, 0.3) is 0 Å². The monoisotopic (exact) mass is 303 g/mol. The highest BCUT2D eigenvalue weighted by molar-refractivity contribution is 7.09. The molecule has 2 rings (SSSR count). The van der Waals surface area contributed by atoms with Crippen LogP contribution >= 0.6 is 11.3 Å². The molecule has 0 N–H and O–H groups in total. The van der Waals surface area contributed by atoms with E-state index in [1.165, 1.54) is 0 Å². The topological polar surface area (TPSA) is 39.2 Å². The molecule has 2 aromatic rings. The Morgan fingerprint density at radius 1 is 1.33 bits per heavy atom. The molecule has 0 amide bonds. The van der Waals surface area contributed by atoms with Crippen molar-refractivity contribution in [1.82, 2.24) is 4.98 Å². The SMILES string of the molecule is CC(=O)c1ccc(OCc2nc(C(C)(C)C)cs2)c(C)c1. The molecular weight excluding hydrogens is 282 g/mol. The molecule has 0 aliphatic carbocycles. The summed E-state index contributed by atoms with van der Waals surface area (Å²) in [6, 6.07) is 5.51. The molecule has 0 spiro atoms. The Kier molecular flexibility index (Phi) is 4.47. The lowest BCUT2D eigenvalue weighted by molar-refractivity contribution is 0.101. The Morgan fingerprint density at radius 2 is 2.05 bits per heavy atom. The molecule has 0 atom stereocenters. The van der Waals surface area contributed by atoms with Crippen molar-refractivity contribution in [3.8, 4) is 5.75 Å². The van der Waals surface area contributed by atoms with Gasteiger partial charge >= 0.3 is 0 Å². The molecule has 1 aromatic heterocycles. The van der Waals surface area contributed by atoms with Crippen molar-refractivity contribution >= 4 is 17.1 Å². The molecule has 21 heavy (non-hydrogen) atoms. The third-order valence-corrected chi connectivity index (χ3v) is 4.08. The van der Waals surface area contributed by atoms with Gasteiger partial charge < -0.3 is 4.74 Å². The molecule has 1 heterocycles. The quantitative estimate of drug-likeness (QED) is 0.779. The van der Waals surface area contributed by atoms with Gasteiger partial charge in [-0.3, -0.25) is 4.79 Å². The fourth-order valence-electron chi connectivity index (χ4n) is 1.89. The minimum absolute atomic E-state index is 0.0633. The summed E-state index contributed by atoms with van der Waals surface area (Å²) in [6.45, 7) is 10.4. The summed E-state index contributed by atoms with van der Waals surface area (Å²) in [7, 11) is 0. The lowest BCUT2D eigenvalue weighted by Gasteiger charge is -2.14. The predicted octanol–water partition coefficient (Wildman–Crippen LogP) is 4.53. The highest BCUT2D eigenvalue weighted by Gasteiger charge is 2.17. The lowest BCUT2D eigenvalue weighted by Crippen LogP contribution is -2.11. The van der Waals surface area contributed by atoms with Crippen LogP contribution in [0.5, 0.6) is 5.75 Å². The number of rotatable bonds is 4. The number of hydrogen-bond donors (Lipinski definition) is 0. The fraction of sp³-hybridized carbons (Fsp3) is 0.412. The number of carbonyl (C=O) groups is 1. The zero-order valence-corrected chi connectivity index (χ0v) is 14.0. The van der Waals surface area contributed by atoms with Crippen LogP contribution < -0.4 is 4.74 Å². The van der Waals surface area contributed by atoms with E-state index in [-0.39, 0.29) is 11.2 Å². The van der Waals surface area contributed by atoms with E-state index in [0.29, 0.717) is 12.2 Å².